The van der Waals surface area contributed by atoms with E-state index in [4.69, 9.17) is 4.42 Å². The number of aliphatic hydroxyl groups excluding tert-OH is 1. The standard InChI is InChI=1S/C16H12BrFO2S/c17-11-5-1-2-7-15(11)21-9-13(19)14-8-10-4-3-6-12(18)16(10)20-14/h1-8,13,19H,9H2. The molecule has 0 aliphatic carbocycles. The van der Waals surface area contributed by atoms with Gasteiger partial charge in [0.15, 0.2) is 11.4 Å². The molecule has 0 saturated carbocycles. The van der Waals surface area contributed by atoms with Gasteiger partial charge in [0.25, 0.3) is 0 Å². The number of rotatable bonds is 4. The van der Waals surface area contributed by atoms with Crippen molar-refractivity contribution in [3.8, 4) is 0 Å². The monoisotopic (exact) mass is 366 g/mol. The lowest BCUT2D eigenvalue weighted by Gasteiger charge is -2.08. The summed E-state index contributed by atoms with van der Waals surface area (Å²) in [6.07, 6.45) is -0.783. The number of hydrogen-bond donors (Lipinski definition) is 1. The van der Waals surface area contributed by atoms with E-state index in [0.717, 1.165) is 9.37 Å². The summed E-state index contributed by atoms with van der Waals surface area (Å²) in [5.41, 5.74) is 0.192. The van der Waals surface area contributed by atoms with Gasteiger partial charge in [-0.25, -0.2) is 4.39 Å². The van der Waals surface area contributed by atoms with Gasteiger partial charge in [-0.05, 0) is 40.2 Å². The fraction of sp³-hybridized carbons (Fsp3) is 0.125. The van der Waals surface area contributed by atoms with Crippen LogP contribution < -0.4 is 0 Å². The highest BCUT2D eigenvalue weighted by atomic mass is 79.9. The van der Waals surface area contributed by atoms with Crippen molar-refractivity contribution in [2.75, 3.05) is 5.75 Å². The van der Waals surface area contributed by atoms with E-state index < -0.39 is 11.9 Å². The lowest BCUT2D eigenvalue weighted by molar-refractivity contribution is 0.176. The van der Waals surface area contributed by atoms with Crippen molar-refractivity contribution in [3.05, 3.63) is 64.6 Å². The van der Waals surface area contributed by atoms with Crippen LogP contribution in [-0.4, -0.2) is 10.9 Å². The van der Waals surface area contributed by atoms with Gasteiger partial charge < -0.3 is 9.52 Å². The Hall–Kier alpha value is -1.30. The number of thioether (sulfide) groups is 1. The summed E-state index contributed by atoms with van der Waals surface area (Å²) in [5.74, 6) is 0.406. The quantitative estimate of drug-likeness (QED) is 0.647. The largest absolute Gasteiger partial charge is 0.455 e. The highest BCUT2D eigenvalue weighted by Crippen LogP contribution is 2.32. The molecule has 0 fully saturated rings. The SMILES string of the molecule is OC(CSc1ccccc1Br)c1cc2cccc(F)c2o1. The zero-order valence-corrected chi connectivity index (χ0v) is 13.3. The van der Waals surface area contributed by atoms with Gasteiger partial charge in [-0.1, -0.05) is 24.3 Å². The van der Waals surface area contributed by atoms with Crippen molar-refractivity contribution in [2.24, 2.45) is 0 Å². The zero-order valence-electron chi connectivity index (χ0n) is 10.9. The average molecular weight is 367 g/mol. The third-order valence-corrected chi connectivity index (χ3v) is 5.18. The number of furan rings is 1. The second-order valence-corrected chi connectivity index (χ2v) is 6.48. The highest BCUT2D eigenvalue weighted by Gasteiger charge is 2.16. The predicted octanol–water partition coefficient (Wildman–Crippen LogP) is 5.16. The lowest BCUT2D eigenvalue weighted by Crippen LogP contribution is -1.98. The molecule has 0 spiro atoms. The van der Waals surface area contributed by atoms with Crippen LogP contribution in [0.2, 0.25) is 0 Å². The van der Waals surface area contributed by atoms with Crippen LogP contribution in [0.3, 0.4) is 0 Å². The third kappa shape index (κ3) is 3.15. The number of fused-ring (bicyclic) bond motifs is 1. The minimum Gasteiger partial charge on any atom is -0.455 e. The molecule has 2 nitrogen and oxygen atoms in total. The van der Waals surface area contributed by atoms with Crippen molar-refractivity contribution in [2.45, 2.75) is 11.0 Å². The summed E-state index contributed by atoms with van der Waals surface area (Å²) in [7, 11) is 0. The molecular weight excluding hydrogens is 355 g/mol. The van der Waals surface area contributed by atoms with Crippen LogP contribution >= 0.6 is 27.7 Å². The summed E-state index contributed by atoms with van der Waals surface area (Å²) >= 11 is 4.98. The molecule has 1 aromatic heterocycles. The minimum absolute atomic E-state index is 0.192. The van der Waals surface area contributed by atoms with Crippen molar-refractivity contribution < 1.29 is 13.9 Å². The molecule has 1 N–H and O–H groups in total. The Morgan fingerprint density at radius 1 is 1.19 bits per heavy atom. The maximum absolute atomic E-state index is 13.6. The molecule has 1 unspecified atom stereocenters. The maximum atomic E-state index is 13.6. The van der Waals surface area contributed by atoms with E-state index in [2.05, 4.69) is 15.9 Å². The lowest BCUT2D eigenvalue weighted by atomic mass is 10.2. The molecule has 3 rings (SSSR count). The predicted molar refractivity (Wildman–Crippen MR) is 86.0 cm³/mol. The molecule has 1 atom stereocenters. The Morgan fingerprint density at radius 3 is 2.76 bits per heavy atom. The van der Waals surface area contributed by atoms with Gasteiger partial charge in [-0.3, -0.25) is 0 Å². The van der Waals surface area contributed by atoms with Crippen molar-refractivity contribution >= 4 is 38.7 Å². The molecule has 0 aliphatic heterocycles. The number of para-hydroxylation sites is 1. The summed E-state index contributed by atoms with van der Waals surface area (Å²) in [5, 5.41) is 10.9. The zero-order chi connectivity index (χ0) is 14.8. The Morgan fingerprint density at radius 2 is 2.00 bits per heavy atom. The Bertz CT molecular complexity index is 772. The summed E-state index contributed by atoms with van der Waals surface area (Å²) < 4.78 is 20.0. The van der Waals surface area contributed by atoms with Crippen molar-refractivity contribution in [1.29, 1.82) is 0 Å². The number of hydrogen-bond acceptors (Lipinski definition) is 3. The molecule has 108 valence electrons. The number of benzene rings is 2. The van der Waals surface area contributed by atoms with Gasteiger partial charge in [-0.15, -0.1) is 11.8 Å². The molecule has 0 amide bonds. The van der Waals surface area contributed by atoms with E-state index in [1.165, 1.54) is 17.8 Å². The topological polar surface area (TPSA) is 33.4 Å². The first kappa shape index (κ1) is 14.6. The van der Waals surface area contributed by atoms with E-state index in [1.54, 1.807) is 18.2 Å². The normalized spacial score (nSPS) is 12.7. The van der Waals surface area contributed by atoms with Crippen LogP contribution in [0.1, 0.15) is 11.9 Å². The smallest absolute Gasteiger partial charge is 0.170 e. The maximum Gasteiger partial charge on any atom is 0.170 e. The van der Waals surface area contributed by atoms with Gasteiger partial charge in [0.05, 0.1) is 0 Å². The molecule has 0 bridgehead atoms. The Labute approximate surface area is 134 Å². The number of aliphatic hydroxyl groups is 1. The van der Waals surface area contributed by atoms with Crippen LogP contribution in [-0.2, 0) is 0 Å². The molecule has 2 aromatic carbocycles. The molecule has 3 aromatic rings. The van der Waals surface area contributed by atoms with Crippen LogP contribution in [0.5, 0.6) is 0 Å². The molecule has 0 saturated heterocycles. The first-order valence-electron chi connectivity index (χ1n) is 6.38. The Kier molecular flexibility index (Phi) is 4.33. The second kappa shape index (κ2) is 6.22. The molecule has 0 aliphatic rings. The van der Waals surface area contributed by atoms with Crippen molar-refractivity contribution in [1.82, 2.24) is 0 Å². The highest BCUT2D eigenvalue weighted by molar-refractivity contribution is 9.10. The van der Waals surface area contributed by atoms with E-state index in [-0.39, 0.29) is 5.58 Å². The summed E-state index contributed by atoms with van der Waals surface area (Å²) in [6, 6.07) is 14.2. The first-order valence-corrected chi connectivity index (χ1v) is 8.16. The van der Waals surface area contributed by atoms with Crippen LogP contribution in [0.25, 0.3) is 11.0 Å². The molecule has 1 heterocycles. The van der Waals surface area contributed by atoms with Crippen LogP contribution in [0.15, 0.2) is 62.3 Å². The molecular formula is C16H12BrFO2S. The summed E-state index contributed by atoms with van der Waals surface area (Å²) in [4.78, 5) is 1.04. The second-order valence-electron chi connectivity index (χ2n) is 4.56. The van der Waals surface area contributed by atoms with Crippen molar-refractivity contribution in [3.63, 3.8) is 0 Å². The Balaban J connectivity index is 1.76. The molecule has 21 heavy (non-hydrogen) atoms. The fourth-order valence-corrected chi connectivity index (χ4v) is 3.53. The van der Waals surface area contributed by atoms with Gasteiger partial charge in [0.1, 0.15) is 11.9 Å². The average Bonchev–Trinajstić information content (AvgIpc) is 2.92. The van der Waals surface area contributed by atoms with Crippen LogP contribution in [0, 0.1) is 5.82 Å². The number of halogens is 2. The van der Waals surface area contributed by atoms with Crippen LogP contribution in [0.4, 0.5) is 4.39 Å². The minimum atomic E-state index is -0.783. The van der Waals surface area contributed by atoms with E-state index in [1.807, 2.05) is 24.3 Å². The van der Waals surface area contributed by atoms with Gasteiger partial charge in [0.2, 0.25) is 0 Å². The first-order chi connectivity index (χ1) is 10.1. The van der Waals surface area contributed by atoms with E-state index in [0.29, 0.717) is 16.9 Å². The molecule has 0 radical (unpaired) electrons. The van der Waals surface area contributed by atoms with E-state index in [9.17, 15) is 9.50 Å². The third-order valence-electron chi connectivity index (χ3n) is 3.08. The molecule has 5 heteroatoms. The van der Waals surface area contributed by atoms with Gasteiger partial charge in [0, 0.05) is 20.5 Å². The van der Waals surface area contributed by atoms with Gasteiger partial charge >= 0.3 is 0 Å². The summed E-state index contributed by atoms with van der Waals surface area (Å²) in [6.45, 7) is 0. The fourth-order valence-electron chi connectivity index (χ4n) is 2.02. The van der Waals surface area contributed by atoms with Gasteiger partial charge in [-0.2, -0.15) is 0 Å². The van der Waals surface area contributed by atoms with E-state index >= 15 is 0 Å².